The molecule has 4 heteroatoms. The fourth-order valence-corrected chi connectivity index (χ4v) is 0.929. The summed E-state index contributed by atoms with van der Waals surface area (Å²) in [6, 6.07) is 5.20. The van der Waals surface area contributed by atoms with E-state index in [0.717, 1.165) is 0 Å². The fourth-order valence-electron chi connectivity index (χ4n) is 0.693. The van der Waals surface area contributed by atoms with Gasteiger partial charge in [-0.2, -0.15) is 0 Å². The molecule has 5 N–H and O–H groups in total. The molecule has 0 heterocycles. The van der Waals surface area contributed by atoms with Crippen molar-refractivity contribution in [3.8, 4) is 0 Å². The largest absolute Gasteiger partial charge is 0.397 e. The summed E-state index contributed by atoms with van der Waals surface area (Å²) in [7, 11) is 0. The van der Waals surface area contributed by atoms with Gasteiger partial charge in [0.15, 0.2) is 0 Å². The summed E-state index contributed by atoms with van der Waals surface area (Å²) in [5, 5.41) is 0.530. The molecule has 1 aromatic carbocycles. The number of hydrazine groups is 1. The van der Waals surface area contributed by atoms with E-state index in [1.165, 1.54) is 0 Å². The number of nitrogen functional groups attached to an aromatic ring is 2. The lowest BCUT2D eigenvalue weighted by atomic mass is 10.3. The van der Waals surface area contributed by atoms with Gasteiger partial charge in [0.05, 0.1) is 16.4 Å². The highest BCUT2D eigenvalue weighted by Crippen LogP contribution is 2.26. The Hall–Kier alpha value is -0.930. The Kier molecular flexibility index (Phi) is 1.99. The number of benzene rings is 1. The van der Waals surface area contributed by atoms with Crippen molar-refractivity contribution in [1.29, 1.82) is 0 Å². The molecule has 0 unspecified atom stereocenters. The van der Waals surface area contributed by atoms with Crippen LogP contribution in [0.2, 0.25) is 5.02 Å². The van der Waals surface area contributed by atoms with E-state index in [4.69, 9.17) is 23.2 Å². The van der Waals surface area contributed by atoms with Gasteiger partial charge in [0.25, 0.3) is 0 Å². The number of halogens is 1. The van der Waals surface area contributed by atoms with E-state index in [1.54, 1.807) is 18.2 Å². The maximum atomic E-state index is 5.71. The molecule has 0 amide bonds. The fraction of sp³-hybridized carbons (Fsp3) is 0. The molecule has 0 aliphatic carbocycles. The Labute approximate surface area is 63.9 Å². The van der Waals surface area contributed by atoms with Gasteiger partial charge in [-0.3, -0.25) is 5.84 Å². The summed E-state index contributed by atoms with van der Waals surface area (Å²) in [5.41, 5.74) is 9.04. The average Bonchev–Trinajstić information content (AvgIpc) is 1.88. The third-order valence-corrected chi connectivity index (χ3v) is 1.51. The molecule has 0 atom stereocenters. The zero-order valence-corrected chi connectivity index (χ0v) is 6.02. The Morgan fingerprint density at radius 1 is 1.40 bits per heavy atom. The molecule has 10 heavy (non-hydrogen) atoms. The Balaban J connectivity index is 3.17. The van der Waals surface area contributed by atoms with Gasteiger partial charge >= 0.3 is 0 Å². The summed E-state index contributed by atoms with van der Waals surface area (Å²) < 4.78 is 0. The maximum absolute atomic E-state index is 5.71. The molecule has 0 aliphatic rings. The van der Waals surface area contributed by atoms with Crippen LogP contribution in [0, 0.1) is 0 Å². The quantitative estimate of drug-likeness (QED) is 0.326. The van der Waals surface area contributed by atoms with Crippen LogP contribution in [0.4, 0.5) is 11.4 Å². The van der Waals surface area contributed by atoms with Crippen LogP contribution < -0.4 is 17.0 Å². The Morgan fingerprint density at radius 3 is 2.50 bits per heavy atom. The van der Waals surface area contributed by atoms with Gasteiger partial charge in [-0.1, -0.05) is 17.7 Å². The molecule has 0 radical (unpaired) electrons. The van der Waals surface area contributed by atoms with Crippen LogP contribution in [0.15, 0.2) is 18.2 Å². The third-order valence-electron chi connectivity index (χ3n) is 1.19. The van der Waals surface area contributed by atoms with Crippen molar-refractivity contribution in [3.63, 3.8) is 0 Å². The molecule has 1 rings (SSSR count). The first kappa shape index (κ1) is 7.18. The summed E-state index contributed by atoms with van der Waals surface area (Å²) in [4.78, 5) is 0. The number of hydrogen-bond acceptors (Lipinski definition) is 3. The topological polar surface area (TPSA) is 64.1 Å². The van der Waals surface area contributed by atoms with Crippen molar-refractivity contribution in [2.24, 2.45) is 5.84 Å². The van der Waals surface area contributed by atoms with Crippen LogP contribution in [0.5, 0.6) is 0 Å². The monoisotopic (exact) mass is 157 g/mol. The van der Waals surface area contributed by atoms with Crippen molar-refractivity contribution < 1.29 is 0 Å². The Bertz CT molecular complexity index is 216. The van der Waals surface area contributed by atoms with Crippen LogP contribution >= 0.6 is 11.6 Å². The highest BCUT2D eigenvalue weighted by Gasteiger charge is 1.99. The van der Waals surface area contributed by atoms with Gasteiger partial charge in [-0.25, -0.2) is 0 Å². The third kappa shape index (κ3) is 1.15. The molecule has 0 aromatic heterocycles. The van der Waals surface area contributed by atoms with Gasteiger partial charge in [-0.05, 0) is 12.1 Å². The molecule has 0 saturated carbocycles. The minimum atomic E-state index is 0.530. The molecule has 1 aromatic rings. The van der Waals surface area contributed by atoms with E-state index < -0.39 is 0 Å². The van der Waals surface area contributed by atoms with Crippen molar-refractivity contribution in [1.82, 2.24) is 0 Å². The number of nitrogens with one attached hydrogen (secondary N) is 1. The minimum absolute atomic E-state index is 0.530. The highest BCUT2D eigenvalue weighted by molar-refractivity contribution is 6.33. The van der Waals surface area contributed by atoms with E-state index in [-0.39, 0.29) is 0 Å². The van der Waals surface area contributed by atoms with Gasteiger partial charge in [0.1, 0.15) is 0 Å². The van der Waals surface area contributed by atoms with Crippen LogP contribution in [0.3, 0.4) is 0 Å². The van der Waals surface area contributed by atoms with E-state index in [0.29, 0.717) is 16.4 Å². The summed E-state index contributed by atoms with van der Waals surface area (Å²) in [5.74, 6) is 5.14. The maximum Gasteiger partial charge on any atom is 0.0905 e. The average molecular weight is 158 g/mol. The lowest BCUT2D eigenvalue weighted by Gasteiger charge is -2.04. The van der Waals surface area contributed by atoms with Gasteiger partial charge in [-0.15, -0.1) is 0 Å². The van der Waals surface area contributed by atoms with Gasteiger partial charge in [0.2, 0.25) is 0 Å². The van der Waals surface area contributed by atoms with Gasteiger partial charge < -0.3 is 11.2 Å². The number of nitrogens with two attached hydrogens (primary N) is 2. The standard InChI is InChI=1S/C6H8ClN3/c7-4-2-1-3-5(8)6(4)10-9/h1-3,10H,8-9H2. The lowest BCUT2D eigenvalue weighted by molar-refractivity contribution is 1.35. The van der Waals surface area contributed by atoms with E-state index in [1.807, 2.05) is 0 Å². The van der Waals surface area contributed by atoms with Crippen LogP contribution in [0.1, 0.15) is 0 Å². The number of anilines is 2. The zero-order chi connectivity index (χ0) is 7.56. The number of hydrogen-bond donors (Lipinski definition) is 3. The zero-order valence-electron chi connectivity index (χ0n) is 5.26. The van der Waals surface area contributed by atoms with Crippen molar-refractivity contribution in [3.05, 3.63) is 23.2 Å². The molecule has 0 fully saturated rings. The first-order valence-corrected chi connectivity index (χ1v) is 3.14. The molecule has 0 aliphatic heterocycles. The molecule has 0 bridgehead atoms. The van der Waals surface area contributed by atoms with E-state index in [9.17, 15) is 0 Å². The van der Waals surface area contributed by atoms with Crippen molar-refractivity contribution >= 4 is 23.0 Å². The summed E-state index contributed by atoms with van der Waals surface area (Å²) in [6.45, 7) is 0. The first-order chi connectivity index (χ1) is 4.75. The molecule has 54 valence electrons. The molecule has 0 saturated heterocycles. The summed E-state index contributed by atoms with van der Waals surface area (Å²) >= 11 is 5.71. The normalized spacial score (nSPS) is 9.40. The van der Waals surface area contributed by atoms with Crippen molar-refractivity contribution in [2.45, 2.75) is 0 Å². The molecular weight excluding hydrogens is 150 g/mol. The number of para-hydroxylation sites is 1. The van der Waals surface area contributed by atoms with Crippen LogP contribution in [-0.2, 0) is 0 Å². The summed E-state index contributed by atoms with van der Waals surface area (Å²) in [6.07, 6.45) is 0. The van der Waals surface area contributed by atoms with Crippen molar-refractivity contribution in [2.75, 3.05) is 11.2 Å². The number of rotatable bonds is 1. The predicted octanol–water partition coefficient (Wildman–Crippen LogP) is 1.21. The second-order valence-corrected chi connectivity index (χ2v) is 2.26. The molecule has 3 nitrogen and oxygen atoms in total. The Morgan fingerprint density at radius 2 is 2.10 bits per heavy atom. The van der Waals surface area contributed by atoms with Gasteiger partial charge in [0, 0.05) is 0 Å². The van der Waals surface area contributed by atoms with E-state index in [2.05, 4.69) is 5.43 Å². The van der Waals surface area contributed by atoms with Crippen LogP contribution in [0.25, 0.3) is 0 Å². The molecule has 0 spiro atoms. The molecular formula is C6H8ClN3. The second kappa shape index (κ2) is 2.77. The minimum Gasteiger partial charge on any atom is -0.397 e. The lowest BCUT2D eigenvalue weighted by Crippen LogP contribution is -2.09. The van der Waals surface area contributed by atoms with E-state index >= 15 is 0 Å². The predicted molar refractivity (Wildman–Crippen MR) is 43.7 cm³/mol. The highest BCUT2D eigenvalue weighted by atomic mass is 35.5. The first-order valence-electron chi connectivity index (χ1n) is 2.76. The van der Waals surface area contributed by atoms with Crippen LogP contribution in [-0.4, -0.2) is 0 Å². The second-order valence-electron chi connectivity index (χ2n) is 1.85. The smallest absolute Gasteiger partial charge is 0.0905 e. The SMILES string of the molecule is NNc1c(N)cccc1Cl.